The Bertz CT molecular complexity index is 1110. The number of amides is 4. The molecular formula is C30H47N5O5. The second kappa shape index (κ2) is 12.2. The minimum absolute atomic E-state index is 0.117. The molecule has 5 atom stereocenters. The number of hydrogen-bond acceptors (Lipinski definition) is 6. The van der Waals surface area contributed by atoms with Crippen LogP contribution >= 0.6 is 0 Å². The van der Waals surface area contributed by atoms with Crippen molar-refractivity contribution in [3.8, 4) is 0 Å². The first-order valence-electron chi connectivity index (χ1n) is 14.2. The summed E-state index contributed by atoms with van der Waals surface area (Å²) >= 11 is 0. The number of ether oxygens (including phenoxy) is 1. The normalized spacial score (nSPS) is 22.5. The molecule has 2 aliphatic rings. The molecule has 4 amide bonds. The number of fused-ring (bicyclic) bond motifs is 1. The number of rotatable bonds is 6. The highest BCUT2D eigenvalue weighted by atomic mass is 16.6. The average molecular weight is 558 g/mol. The van der Waals surface area contributed by atoms with Crippen molar-refractivity contribution in [3.05, 3.63) is 35.4 Å². The molecule has 1 aromatic rings. The van der Waals surface area contributed by atoms with Gasteiger partial charge >= 0.3 is 6.09 Å². The second-order valence-electron chi connectivity index (χ2n) is 13.2. The number of carbonyl (C=O) groups excluding carboxylic acids is 4. The topological polar surface area (TPSA) is 134 Å². The van der Waals surface area contributed by atoms with Gasteiger partial charge in [-0.25, -0.2) is 4.79 Å². The van der Waals surface area contributed by atoms with Crippen LogP contribution in [0.2, 0.25) is 0 Å². The molecule has 222 valence electrons. The third kappa shape index (κ3) is 7.53. The Labute approximate surface area is 238 Å². The van der Waals surface area contributed by atoms with Crippen LogP contribution < -0.4 is 16.4 Å². The number of hydrogen-bond donors (Lipinski definition) is 3. The lowest BCUT2D eigenvalue weighted by atomic mass is 9.85. The highest BCUT2D eigenvalue weighted by molar-refractivity contribution is 5.94. The predicted molar refractivity (Wildman–Crippen MR) is 153 cm³/mol. The van der Waals surface area contributed by atoms with Crippen LogP contribution in [-0.2, 0) is 25.5 Å². The quantitative estimate of drug-likeness (QED) is 0.493. The van der Waals surface area contributed by atoms with Gasteiger partial charge in [0.05, 0.1) is 6.04 Å². The van der Waals surface area contributed by atoms with Crippen LogP contribution in [0, 0.1) is 5.41 Å². The van der Waals surface area contributed by atoms with Gasteiger partial charge in [0, 0.05) is 19.6 Å². The maximum atomic E-state index is 14.0. The van der Waals surface area contributed by atoms with Gasteiger partial charge in [-0.2, -0.15) is 0 Å². The van der Waals surface area contributed by atoms with Crippen molar-refractivity contribution >= 4 is 23.8 Å². The van der Waals surface area contributed by atoms with E-state index in [0.29, 0.717) is 6.42 Å². The highest BCUT2D eigenvalue weighted by Crippen LogP contribution is 2.31. The van der Waals surface area contributed by atoms with Crippen molar-refractivity contribution in [3.63, 3.8) is 0 Å². The van der Waals surface area contributed by atoms with Crippen molar-refractivity contribution in [1.29, 1.82) is 0 Å². The SMILES string of the molecule is C[C@@H](C(=O)NC(C(=O)N1C[C@@H](N)C[C@H]1C(=O)NC1CCCc2ccccc21)C(C)(C)C)N(C)C(=O)OC(C)(C)C. The molecule has 10 nitrogen and oxygen atoms in total. The number of likely N-dealkylation sites (tertiary alicyclic amines) is 1. The van der Waals surface area contributed by atoms with Gasteiger partial charge in [0.15, 0.2) is 0 Å². The van der Waals surface area contributed by atoms with Crippen LogP contribution in [0.5, 0.6) is 0 Å². The standard InChI is InChI=1S/C30H47N5O5/c1-18(34(8)28(39)40-30(5,6)7)25(36)33-24(29(2,3)4)27(38)35-17-20(31)16-23(35)26(37)32-22-15-11-13-19-12-9-10-14-21(19)22/h9-10,12,14,18,20,22-24H,11,13,15-17,31H2,1-8H3,(H,32,37)(H,33,36)/t18-,20-,22?,23-,24?/m0/s1. The maximum Gasteiger partial charge on any atom is 0.410 e. The fourth-order valence-electron chi connectivity index (χ4n) is 5.28. The minimum Gasteiger partial charge on any atom is -0.444 e. The fourth-order valence-corrected chi connectivity index (χ4v) is 5.28. The smallest absolute Gasteiger partial charge is 0.410 e. The predicted octanol–water partition coefficient (Wildman–Crippen LogP) is 2.89. The Kier molecular flexibility index (Phi) is 9.54. The van der Waals surface area contributed by atoms with Gasteiger partial charge in [0.2, 0.25) is 17.7 Å². The summed E-state index contributed by atoms with van der Waals surface area (Å²) in [5.74, 6) is -1.10. The van der Waals surface area contributed by atoms with Gasteiger partial charge in [-0.1, -0.05) is 45.0 Å². The van der Waals surface area contributed by atoms with Crippen molar-refractivity contribution in [2.75, 3.05) is 13.6 Å². The molecule has 1 saturated heterocycles. The van der Waals surface area contributed by atoms with E-state index in [4.69, 9.17) is 10.5 Å². The van der Waals surface area contributed by atoms with E-state index in [2.05, 4.69) is 16.7 Å². The molecule has 0 aromatic heterocycles. The summed E-state index contributed by atoms with van der Waals surface area (Å²) in [5, 5.41) is 6.02. The van der Waals surface area contributed by atoms with Crippen LogP contribution in [0.3, 0.4) is 0 Å². The summed E-state index contributed by atoms with van der Waals surface area (Å²) in [6.45, 7) is 12.6. The zero-order chi connectivity index (χ0) is 30.0. The van der Waals surface area contributed by atoms with Crippen molar-refractivity contribution in [2.45, 2.75) is 110 Å². The molecule has 0 radical (unpaired) electrons. The van der Waals surface area contributed by atoms with E-state index in [1.165, 1.54) is 22.4 Å². The lowest BCUT2D eigenvalue weighted by molar-refractivity contribution is -0.144. The molecule has 0 bridgehead atoms. The van der Waals surface area contributed by atoms with E-state index in [1.807, 2.05) is 39.0 Å². The van der Waals surface area contributed by atoms with E-state index >= 15 is 0 Å². The van der Waals surface area contributed by atoms with Crippen molar-refractivity contribution in [2.24, 2.45) is 11.1 Å². The molecular weight excluding hydrogens is 510 g/mol. The lowest BCUT2D eigenvalue weighted by Crippen LogP contribution is -2.60. The lowest BCUT2D eigenvalue weighted by Gasteiger charge is -2.37. The average Bonchev–Trinajstić information content (AvgIpc) is 3.26. The number of nitrogens with two attached hydrogens (primary N) is 1. The van der Waals surface area contributed by atoms with Crippen LogP contribution in [0.25, 0.3) is 0 Å². The van der Waals surface area contributed by atoms with E-state index in [9.17, 15) is 19.2 Å². The Morgan fingerprint density at radius 1 is 1.10 bits per heavy atom. The molecule has 1 aromatic carbocycles. The molecule has 0 saturated carbocycles. The van der Waals surface area contributed by atoms with Gasteiger partial charge in [0.1, 0.15) is 23.7 Å². The number of nitrogens with zero attached hydrogens (tertiary/aromatic N) is 2. The van der Waals surface area contributed by atoms with Crippen LogP contribution in [0.4, 0.5) is 4.79 Å². The number of aryl methyl sites for hydroxylation is 1. The second-order valence-corrected chi connectivity index (χ2v) is 13.2. The van der Waals surface area contributed by atoms with E-state index < -0.39 is 41.1 Å². The Morgan fingerprint density at radius 2 is 1.75 bits per heavy atom. The molecule has 3 rings (SSSR count). The Morgan fingerprint density at radius 3 is 2.38 bits per heavy atom. The zero-order valence-corrected chi connectivity index (χ0v) is 25.2. The van der Waals surface area contributed by atoms with Gasteiger partial charge in [-0.15, -0.1) is 0 Å². The van der Waals surface area contributed by atoms with Crippen molar-refractivity contribution < 1.29 is 23.9 Å². The van der Waals surface area contributed by atoms with Crippen LogP contribution in [-0.4, -0.2) is 77.0 Å². The monoisotopic (exact) mass is 557 g/mol. The third-order valence-electron chi connectivity index (χ3n) is 7.65. The summed E-state index contributed by atoms with van der Waals surface area (Å²) in [6, 6.07) is 5.08. The first-order valence-corrected chi connectivity index (χ1v) is 14.2. The molecule has 1 aliphatic carbocycles. The molecule has 1 fully saturated rings. The number of nitrogens with one attached hydrogen (secondary N) is 2. The molecule has 4 N–H and O–H groups in total. The third-order valence-corrected chi connectivity index (χ3v) is 7.65. The first kappa shape index (κ1) is 31.4. The van der Waals surface area contributed by atoms with E-state index in [0.717, 1.165) is 24.8 Å². The number of carbonyl (C=O) groups is 4. The van der Waals surface area contributed by atoms with Gasteiger partial charge in [0.25, 0.3) is 0 Å². The van der Waals surface area contributed by atoms with Crippen LogP contribution in [0.1, 0.15) is 84.9 Å². The fraction of sp³-hybridized carbons (Fsp3) is 0.667. The summed E-state index contributed by atoms with van der Waals surface area (Å²) in [4.78, 5) is 56.0. The van der Waals surface area contributed by atoms with Gasteiger partial charge < -0.3 is 26.0 Å². The molecule has 10 heteroatoms. The highest BCUT2D eigenvalue weighted by Gasteiger charge is 2.45. The number of likely N-dealkylation sites (N-methyl/N-ethyl adjacent to an activating group) is 1. The first-order chi connectivity index (χ1) is 18.5. The summed E-state index contributed by atoms with van der Waals surface area (Å²) in [5.41, 5.74) is 7.23. The summed E-state index contributed by atoms with van der Waals surface area (Å²) in [6.07, 6.45) is 2.49. The van der Waals surface area contributed by atoms with E-state index in [-0.39, 0.29) is 30.4 Å². The van der Waals surface area contributed by atoms with Gasteiger partial charge in [-0.05, 0) is 69.9 Å². The van der Waals surface area contributed by atoms with Crippen LogP contribution in [0.15, 0.2) is 24.3 Å². The molecule has 2 unspecified atom stereocenters. The van der Waals surface area contributed by atoms with Gasteiger partial charge in [-0.3, -0.25) is 19.3 Å². The zero-order valence-electron chi connectivity index (χ0n) is 25.2. The summed E-state index contributed by atoms with van der Waals surface area (Å²) in [7, 11) is 1.48. The van der Waals surface area contributed by atoms with E-state index in [1.54, 1.807) is 27.7 Å². The van der Waals surface area contributed by atoms with Crippen molar-refractivity contribution in [1.82, 2.24) is 20.4 Å². The molecule has 40 heavy (non-hydrogen) atoms. The maximum absolute atomic E-state index is 14.0. The minimum atomic E-state index is -0.939. The summed E-state index contributed by atoms with van der Waals surface area (Å²) < 4.78 is 5.38. The number of benzene rings is 1. The Hall–Kier alpha value is -3.14. The largest absolute Gasteiger partial charge is 0.444 e. The molecule has 1 heterocycles. The Balaban J connectivity index is 1.75. The molecule has 1 aliphatic heterocycles. The molecule has 0 spiro atoms.